The Morgan fingerprint density at radius 2 is 2.23 bits per heavy atom. The van der Waals surface area contributed by atoms with Gasteiger partial charge in [-0.25, -0.2) is 0 Å². The van der Waals surface area contributed by atoms with Gasteiger partial charge < -0.3 is 0 Å². The lowest BCUT2D eigenvalue weighted by atomic mass is 10.5. The van der Waals surface area contributed by atoms with Crippen LogP contribution in [-0.2, 0) is 4.79 Å². The first-order valence-corrected chi connectivity index (χ1v) is 4.56. The van der Waals surface area contributed by atoms with Crippen LogP contribution in [0.1, 0.15) is 5.69 Å². The summed E-state index contributed by atoms with van der Waals surface area (Å²) >= 11 is 1.20. The van der Waals surface area contributed by atoms with Gasteiger partial charge in [-0.15, -0.1) is 10.2 Å². The first-order valence-electron chi connectivity index (χ1n) is 3.57. The monoisotopic (exact) mass is 198 g/mol. The Morgan fingerprint density at radius 3 is 3.00 bits per heavy atom. The number of nitrogens with zero attached hydrogens (tertiary/aromatic N) is 3. The van der Waals surface area contributed by atoms with Crippen molar-refractivity contribution in [1.29, 1.82) is 0 Å². The van der Waals surface area contributed by atoms with Crippen molar-refractivity contribution in [3.8, 4) is 0 Å². The summed E-state index contributed by atoms with van der Waals surface area (Å²) in [4.78, 5) is 22.3. The highest BCUT2D eigenvalue weighted by Crippen LogP contribution is 2.14. The fourth-order valence-electron chi connectivity index (χ4n) is 0.933. The third-order valence-electron chi connectivity index (χ3n) is 1.56. The van der Waals surface area contributed by atoms with Gasteiger partial charge in [0.2, 0.25) is 11.1 Å². The van der Waals surface area contributed by atoms with Crippen molar-refractivity contribution in [3.05, 3.63) is 16.0 Å². The highest BCUT2D eigenvalue weighted by atomic mass is 32.2. The van der Waals surface area contributed by atoms with Crippen molar-refractivity contribution in [2.45, 2.75) is 12.1 Å². The quantitative estimate of drug-likeness (QED) is 0.586. The number of rotatable bonds is 0. The molecule has 0 aliphatic carbocycles. The summed E-state index contributed by atoms with van der Waals surface area (Å²) < 4.78 is 1.12. The summed E-state index contributed by atoms with van der Waals surface area (Å²) in [6, 6.07) is 0. The molecule has 0 saturated carbocycles. The molecule has 1 amide bonds. The number of hydrogen-bond acceptors (Lipinski definition) is 5. The molecule has 1 N–H and O–H groups in total. The number of hydrogen-bond donors (Lipinski definition) is 1. The molecular formula is C6H6N4O2S. The van der Waals surface area contributed by atoms with Crippen LogP contribution in [0.15, 0.2) is 9.95 Å². The van der Waals surface area contributed by atoms with E-state index in [0.29, 0.717) is 5.16 Å². The first-order chi connectivity index (χ1) is 6.18. The molecule has 6 nitrogen and oxygen atoms in total. The Kier molecular flexibility index (Phi) is 1.80. The summed E-state index contributed by atoms with van der Waals surface area (Å²) in [5.41, 5.74) is 2.35. The molecule has 13 heavy (non-hydrogen) atoms. The van der Waals surface area contributed by atoms with Crippen molar-refractivity contribution >= 4 is 17.7 Å². The summed E-state index contributed by atoms with van der Waals surface area (Å²) in [7, 11) is 0. The van der Waals surface area contributed by atoms with E-state index >= 15 is 0 Å². The zero-order valence-corrected chi connectivity index (χ0v) is 7.59. The van der Waals surface area contributed by atoms with E-state index < -0.39 is 0 Å². The van der Waals surface area contributed by atoms with E-state index in [9.17, 15) is 9.59 Å². The minimum Gasteiger partial charge on any atom is -0.272 e. The van der Waals surface area contributed by atoms with Crippen molar-refractivity contribution in [3.63, 3.8) is 0 Å². The zero-order chi connectivity index (χ0) is 9.42. The van der Waals surface area contributed by atoms with Gasteiger partial charge in [-0.05, 0) is 6.92 Å². The molecule has 7 heteroatoms. The van der Waals surface area contributed by atoms with E-state index in [1.165, 1.54) is 11.8 Å². The number of carbonyl (C=O) groups excluding carboxylic acids is 1. The van der Waals surface area contributed by atoms with Gasteiger partial charge >= 0.3 is 0 Å². The van der Waals surface area contributed by atoms with Crippen molar-refractivity contribution in [2.24, 2.45) is 0 Å². The van der Waals surface area contributed by atoms with Crippen LogP contribution in [0.4, 0.5) is 0 Å². The number of aryl methyl sites for hydroxylation is 1. The molecule has 0 bridgehead atoms. The summed E-state index contributed by atoms with van der Waals surface area (Å²) in [5, 5.41) is 7.86. The molecule has 2 heterocycles. The maximum atomic E-state index is 11.4. The van der Waals surface area contributed by atoms with E-state index in [1.807, 2.05) is 0 Å². The Labute approximate surface area is 77.3 Å². The van der Waals surface area contributed by atoms with Crippen LogP contribution >= 0.6 is 11.8 Å². The van der Waals surface area contributed by atoms with Gasteiger partial charge in [0.15, 0.2) is 0 Å². The van der Waals surface area contributed by atoms with Crippen LogP contribution in [0, 0.1) is 6.92 Å². The van der Waals surface area contributed by atoms with Gasteiger partial charge in [0.25, 0.3) is 5.56 Å². The second-order valence-electron chi connectivity index (χ2n) is 2.53. The predicted molar refractivity (Wildman–Crippen MR) is 46.1 cm³/mol. The molecule has 0 unspecified atom stereocenters. The fraction of sp³-hybridized carbons (Fsp3) is 0.333. The molecule has 0 saturated heterocycles. The molecule has 0 atom stereocenters. The standard InChI is InChI=1S/C6H6N4O2S/c1-3-5(12)10-6(8-7-3)13-2-4(11)9-10/h2H2,1H3,(H,9,11). The SMILES string of the molecule is Cc1nnc2n(c1=O)NC(=O)CS2. The lowest BCUT2D eigenvalue weighted by Gasteiger charge is -2.15. The summed E-state index contributed by atoms with van der Waals surface area (Å²) in [5.74, 6) is 0.0731. The lowest BCUT2D eigenvalue weighted by molar-refractivity contribution is -0.115. The van der Waals surface area contributed by atoms with Gasteiger partial charge in [-0.1, -0.05) is 11.8 Å². The number of fused-ring (bicyclic) bond motifs is 1. The van der Waals surface area contributed by atoms with Crippen molar-refractivity contribution < 1.29 is 4.79 Å². The van der Waals surface area contributed by atoms with Crippen LogP contribution < -0.4 is 11.0 Å². The average molecular weight is 198 g/mol. The molecule has 1 aromatic heterocycles. The summed E-state index contributed by atoms with van der Waals surface area (Å²) in [6.45, 7) is 1.55. The Balaban J connectivity index is 2.61. The minimum atomic E-state index is -0.328. The summed E-state index contributed by atoms with van der Waals surface area (Å²) in [6.07, 6.45) is 0. The molecule has 0 spiro atoms. The van der Waals surface area contributed by atoms with Crippen LogP contribution in [0.5, 0.6) is 0 Å². The average Bonchev–Trinajstić information content (AvgIpc) is 2.12. The third kappa shape index (κ3) is 1.31. The third-order valence-corrected chi connectivity index (χ3v) is 2.49. The number of thioether (sulfide) groups is 1. The van der Waals surface area contributed by atoms with E-state index in [4.69, 9.17) is 0 Å². The number of nitrogens with one attached hydrogen (secondary N) is 1. The van der Waals surface area contributed by atoms with Crippen LogP contribution in [-0.4, -0.2) is 26.5 Å². The van der Waals surface area contributed by atoms with Gasteiger partial charge in [-0.3, -0.25) is 15.0 Å². The normalized spacial score (nSPS) is 15.0. The molecule has 2 rings (SSSR count). The van der Waals surface area contributed by atoms with Crippen molar-refractivity contribution in [2.75, 3.05) is 11.2 Å². The zero-order valence-electron chi connectivity index (χ0n) is 6.77. The second-order valence-corrected chi connectivity index (χ2v) is 3.47. The Morgan fingerprint density at radius 1 is 1.46 bits per heavy atom. The van der Waals surface area contributed by atoms with Gasteiger partial charge in [0.05, 0.1) is 5.75 Å². The Bertz CT molecular complexity index is 427. The highest BCUT2D eigenvalue weighted by molar-refractivity contribution is 7.99. The first kappa shape index (κ1) is 8.24. The second kappa shape index (κ2) is 2.84. The lowest BCUT2D eigenvalue weighted by Crippen LogP contribution is -2.40. The fourth-order valence-corrected chi connectivity index (χ4v) is 1.61. The molecule has 0 aromatic carbocycles. The molecule has 0 radical (unpaired) electrons. The number of carbonyl (C=O) groups is 1. The number of amides is 1. The van der Waals surface area contributed by atoms with Crippen molar-refractivity contribution in [1.82, 2.24) is 14.9 Å². The van der Waals surface area contributed by atoms with Gasteiger partial charge in [0, 0.05) is 0 Å². The molecule has 1 aliphatic rings. The maximum absolute atomic E-state index is 11.4. The Hall–Kier alpha value is -1.37. The van der Waals surface area contributed by atoms with E-state index in [0.717, 1.165) is 4.68 Å². The molecule has 68 valence electrons. The maximum Gasteiger partial charge on any atom is 0.294 e. The molecule has 1 aromatic rings. The predicted octanol–water partition coefficient (Wildman–Crippen LogP) is -0.877. The van der Waals surface area contributed by atoms with E-state index in [1.54, 1.807) is 6.92 Å². The van der Waals surface area contributed by atoms with Gasteiger partial charge in [-0.2, -0.15) is 4.68 Å². The minimum absolute atomic E-state index is 0.202. The largest absolute Gasteiger partial charge is 0.294 e. The highest BCUT2D eigenvalue weighted by Gasteiger charge is 2.18. The molecule has 1 aliphatic heterocycles. The number of aromatic nitrogens is 3. The topological polar surface area (TPSA) is 76.9 Å². The van der Waals surface area contributed by atoms with E-state index in [2.05, 4.69) is 15.6 Å². The molecular weight excluding hydrogens is 192 g/mol. The van der Waals surface area contributed by atoms with Crippen LogP contribution in [0.25, 0.3) is 0 Å². The van der Waals surface area contributed by atoms with Crippen LogP contribution in [0.3, 0.4) is 0 Å². The van der Waals surface area contributed by atoms with E-state index in [-0.39, 0.29) is 22.9 Å². The van der Waals surface area contributed by atoms with Crippen LogP contribution in [0.2, 0.25) is 0 Å². The van der Waals surface area contributed by atoms with Gasteiger partial charge in [0.1, 0.15) is 5.69 Å². The smallest absolute Gasteiger partial charge is 0.272 e. The molecule has 0 fully saturated rings.